The van der Waals surface area contributed by atoms with Crippen LogP contribution in [0.1, 0.15) is 11.9 Å². The van der Waals surface area contributed by atoms with Gasteiger partial charge in [-0.1, -0.05) is 48.5 Å². The maximum atomic E-state index is 12.8. The Morgan fingerprint density at radius 3 is 2.57 bits per heavy atom. The normalized spacial score (nSPS) is 11.9. The number of carbonyl (C=O) groups is 1. The molecule has 0 radical (unpaired) electrons. The van der Waals surface area contributed by atoms with Gasteiger partial charge in [0, 0.05) is 16.9 Å². The SMILES string of the molecule is Cc1nc2ccc(NC(C)C(=O)Nc3ccccc3-c3ccccc3)cc2s1. The number of rotatable bonds is 5. The van der Waals surface area contributed by atoms with E-state index in [0.29, 0.717) is 0 Å². The minimum absolute atomic E-state index is 0.0797. The lowest BCUT2D eigenvalue weighted by molar-refractivity contribution is -0.116. The molecule has 4 aromatic rings. The second-order valence-electron chi connectivity index (χ2n) is 6.68. The van der Waals surface area contributed by atoms with Crippen LogP contribution in [0.2, 0.25) is 0 Å². The van der Waals surface area contributed by atoms with Crippen LogP contribution in [0.15, 0.2) is 72.8 Å². The lowest BCUT2D eigenvalue weighted by Crippen LogP contribution is -2.32. The van der Waals surface area contributed by atoms with Crippen molar-refractivity contribution in [3.8, 4) is 11.1 Å². The highest BCUT2D eigenvalue weighted by Crippen LogP contribution is 2.28. The topological polar surface area (TPSA) is 54.0 Å². The molecule has 4 nitrogen and oxygen atoms in total. The van der Waals surface area contributed by atoms with Crippen LogP contribution in [0.25, 0.3) is 21.3 Å². The summed E-state index contributed by atoms with van der Waals surface area (Å²) in [7, 11) is 0. The number of nitrogens with one attached hydrogen (secondary N) is 2. The predicted molar refractivity (Wildman–Crippen MR) is 118 cm³/mol. The number of nitrogens with zero attached hydrogens (tertiary/aromatic N) is 1. The van der Waals surface area contributed by atoms with Gasteiger partial charge in [-0.25, -0.2) is 4.98 Å². The van der Waals surface area contributed by atoms with Gasteiger partial charge < -0.3 is 10.6 Å². The highest BCUT2D eigenvalue weighted by molar-refractivity contribution is 7.18. The van der Waals surface area contributed by atoms with Crippen LogP contribution in [-0.2, 0) is 4.79 Å². The second kappa shape index (κ2) is 7.82. The van der Waals surface area contributed by atoms with Crippen molar-refractivity contribution in [3.05, 3.63) is 77.8 Å². The van der Waals surface area contributed by atoms with Gasteiger partial charge in [-0.05, 0) is 43.7 Å². The number of carbonyl (C=O) groups excluding carboxylic acids is 1. The number of amides is 1. The van der Waals surface area contributed by atoms with Crippen LogP contribution in [-0.4, -0.2) is 16.9 Å². The minimum Gasteiger partial charge on any atom is -0.374 e. The smallest absolute Gasteiger partial charge is 0.246 e. The van der Waals surface area contributed by atoms with Gasteiger partial charge in [0.25, 0.3) is 0 Å². The summed E-state index contributed by atoms with van der Waals surface area (Å²) in [6, 6.07) is 23.5. The number of anilines is 2. The van der Waals surface area contributed by atoms with Gasteiger partial charge in [0.15, 0.2) is 0 Å². The number of aryl methyl sites for hydroxylation is 1. The molecule has 0 aliphatic rings. The fourth-order valence-corrected chi connectivity index (χ4v) is 4.01. The summed E-state index contributed by atoms with van der Waals surface area (Å²) in [5, 5.41) is 7.39. The third kappa shape index (κ3) is 3.89. The number of para-hydroxylation sites is 1. The molecule has 0 aliphatic heterocycles. The monoisotopic (exact) mass is 387 g/mol. The average Bonchev–Trinajstić information content (AvgIpc) is 3.08. The van der Waals surface area contributed by atoms with Gasteiger partial charge in [-0.3, -0.25) is 4.79 Å². The maximum absolute atomic E-state index is 12.8. The molecule has 0 saturated heterocycles. The highest BCUT2D eigenvalue weighted by Gasteiger charge is 2.15. The molecule has 0 bridgehead atoms. The first kappa shape index (κ1) is 18.2. The highest BCUT2D eigenvalue weighted by atomic mass is 32.1. The molecule has 1 amide bonds. The zero-order valence-corrected chi connectivity index (χ0v) is 16.6. The molecule has 0 saturated carbocycles. The molecule has 4 rings (SSSR count). The van der Waals surface area contributed by atoms with Crippen molar-refractivity contribution in [2.45, 2.75) is 19.9 Å². The van der Waals surface area contributed by atoms with Gasteiger partial charge >= 0.3 is 0 Å². The Morgan fingerprint density at radius 1 is 1.00 bits per heavy atom. The maximum Gasteiger partial charge on any atom is 0.246 e. The van der Waals surface area contributed by atoms with E-state index in [1.807, 2.05) is 86.6 Å². The van der Waals surface area contributed by atoms with E-state index in [9.17, 15) is 4.79 Å². The van der Waals surface area contributed by atoms with Gasteiger partial charge in [0.1, 0.15) is 6.04 Å². The van der Waals surface area contributed by atoms with E-state index in [0.717, 1.165) is 37.7 Å². The van der Waals surface area contributed by atoms with Crippen molar-refractivity contribution in [2.24, 2.45) is 0 Å². The van der Waals surface area contributed by atoms with Gasteiger partial charge in [-0.2, -0.15) is 0 Å². The molecule has 0 aliphatic carbocycles. The minimum atomic E-state index is -0.379. The summed E-state index contributed by atoms with van der Waals surface area (Å²) in [6.45, 7) is 3.86. The summed E-state index contributed by atoms with van der Waals surface area (Å²) in [4.78, 5) is 17.3. The van der Waals surface area contributed by atoms with Gasteiger partial charge in [-0.15, -0.1) is 11.3 Å². The van der Waals surface area contributed by atoms with E-state index in [1.165, 1.54) is 0 Å². The van der Waals surface area contributed by atoms with Crippen LogP contribution in [0, 0.1) is 6.92 Å². The van der Waals surface area contributed by atoms with Crippen molar-refractivity contribution in [1.82, 2.24) is 4.98 Å². The van der Waals surface area contributed by atoms with Crippen LogP contribution in [0.4, 0.5) is 11.4 Å². The first-order chi connectivity index (χ1) is 13.6. The van der Waals surface area contributed by atoms with Crippen molar-refractivity contribution >= 4 is 38.8 Å². The molecule has 0 spiro atoms. The van der Waals surface area contributed by atoms with Crippen molar-refractivity contribution in [2.75, 3.05) is 10.6 Å². The third-order valence-corrected chi connectivity index (χ3v) is 5.48. The molecule has 1 unspecified atom stereocenters. The molecule has 0 fully saturated rings. The molecule has 140 valence electrons. The zero-order valence-electron chi connectivity index (χ0n) is 15.8. The summed E-state index contributed by atoms with van der Waals surface area (Å²) >= 11 is 1.65. The largest absolute Gasteiger partial charge is 0.374 e. The zero-order chi connectivity index (χ0) is 19.5. The van der Waals surface area contributed by atoms with E-state index in [-0.39, 0.29) is 11.9 Å². The Labute approximate surface area is 168 Å². The van der Waals surface area contributed by atoms with E-state index in [4.69, 9.17) is 0 Å². The Balaban J connectivity index is 1.50. The van der Waals surface area contributed by atoms with Gasteiger partial charge in [0.2, 0.25) is 5.91 Å². The fraction of sp³-hybridized carbons (Fsp3) is 0.130. The quantitative estimate of drug-likeness (QED) is 0.461. The van der Waals surface area contributed by atoms with Crippen molar-refractivity contribution in [1.29, 1.82) is 0 Å². The molecular weight excluding hydrogens is 366 g/mol. The predicted octanol–water partition coefficient (Wildman–Crippen LogP) is 5.71. The molecule has 1 heterocycles. The number of hydrogen-bond acceptors (Lipinski definition) is 4. The average molecular weight is 388 g/mol. The van der Waals surface area contributed by atoms with Crippen LogP contribution in [0.3, 0.4) is 0 Å². The molecule has 5 heteroatoms. The molecule has 1 atom stereocenters. The number of thiazole rings is 1. The van der Waals surface area contributed by atoms with E-state index in [1.54, 1.807) is 11.3 Å². The number of fused-ring (bicyclic) bond motifs is 1. The summed E-state index contributed by atoms with van der Waals surface area (Å²) in [5.74, 6) is -0.0797. The van der Waals surface area contributed by atoms with Crippen molar-refractivity contribution in [3.63, 3.8) is 0 Å². The molecular formula is C23H21N3OS. The fourth-order valence-electron chi connectivity index (χ4n) is 3.15. The number of hydrogen-bond donors (Lipinski definition) is 2. The summed E-state index contributed by atoms with van der Waals surface area (Å²) in [6.07, 6.45) is 0. The van der Waals surface area contributed by atoms with E-state index in [2.05, 4.69) is 15.6 Å². The van der Waals surface area contributed by atoms with Crippen LogP contribution >= 0.6 is 11.3 Å². The molecule has 2 N–H and O–H groups in total. The standard InChI is InChI=1S/C23H21N3OS/c1-15(24-18-12-13-21-22(14-18)28-16(2)25-21)23(27)26-20-11-7-6-10-19(20)17-8-4-3-5-9-17/h3-15,24H,1-2H3,(H,26,27). The summed E-state index contributed by atoms with van der Waals surface area (Å²) < 4.78 is 1.12. The van der Waals surface area contributed by atoms with Crippen LogP contribution in [0.5, 0.6) is 0 Å². The third-order valence-electron chi connectivity index (χ3n) is 4.54. The molecule has 3 aromatic carbocycles. The first-order valence-corrected chi connectivity index (χ1v) is 10.0. The molecule has 28 heavy (non-hydrogen) atoms. The van der Waals surface area contributed by atoms with Crippen LogP contribution < -0.4 is 10.6 Å². The van der Waals surface area contributed by atoms with E-state index >= 15 is 0 Å². The first-order valence-electron chi connectivity index (χ1n) is 9.19. The second-order valence-corrected chi connectivity index (χ2v) is 7.92. The summed E-state index contributed by atoms with van der Waals surface area (Å²) in [5.41, 5.74) is 4.79. The van der Waals surface area contributed by atoms with Crippen molar-refractivity contribution < 1.29 is 4.79 Å². The molecule has 1 aromatic heterocycles. The number of aromatic nitrogens is 1. The Morgan fingerprint density at radius 2 is 1.75 bits per heavy atom. The van der Waals surface area contributed by atoms with E-state index < -0.39 is 0 Å². The van der Waals surface area contributed by atoms with Gasteiger partial charge in [0.05, 0.1) is 15.2 Å². The Kier molecular flexibility index (Phi) is 5.08. The Bertz CT molecular complexity index is 1120. The lowest BCUT2D eigenvalue weighted by Gasteiger charge is -2.17. The Hall–Kier alpha value is -3.18. The number of benzene rings is 3. The lowest BCUT2D eigenvalue weighted by atomic mass is 10.0.